The Labute approximate surface area is 125 Å². The average molecular weight is 289 g/mol. The fraction of sp³-hybridized carbons (Fsp3) is 0.562. The Kier molecular flexibility index (Phi) is 5.31. The van der Waals surface area contributed by atoms with Crippen LogP contribution >= 0.6 is 0 Å². The minimum absolute atomic E-state index is 0.0681. The van der Waals surface area contributed by atoms with Crippen molar-refractivity contribution in [2.45, 2.75) is 46.0 Å². The molecule has 2 N–H and O–H groups in total. The van der Waals surface area contributed by atoms with Gasteiger partial charge in [0.25, 0.3) is 0 Å². The number of anilines is 2. The number of aromatic nitrogens is 1. The first-order valence-corrected chi connectivity index (χ1v) is 7.64. The van der Waals surface area contributed by atoms with Crippen molar-refractivity contribution < 1.29 is 9.59 Å². The van der Waals surface area contributed by atoms with E-state index in [0.717, 1.165) is 25.7 Å². The molecule has 114 valence electrons. The minimum Gasteiger partial charge on any atom is -0.324 e. The monoisotopic (exact) mass is 289 g/mol. The fourth-order valence-corrected chi connectivity index (χ4v) is 2.42. The highest BCUT2D eigenvalue weighted by Gasteiger charge is 2.21. The number of carbonyl (C=O) groups excluding carboxylic acids is 2. The Morgan fingerprint density at radius 2 is 1.86 bits per heavy atom. The molecule has 2 amide bonds. The number of carbonyl (C=O) groups is 2. The summed E-state index contributed by atoms with van der Waals surface area (Å²) in [7, 11) is 0. The molecule has 1 saturated carbocycles. The zero-order valence-corrected chi connectivity index (χ0v) is 12.7. The van der Waals surface area contributed by atoms with Crippen LogP contribution in [0.15, 0.2) is 18.3 Å². The molecule has 1 aromatic heterocycles. The molecule has 0 radical (unpaired) electrons. The Balaban J connectivity index is 1.89. The summed E-state index contributed by atoms with van der Waals surface area (Å²) in [6.07, 6.45) is 7.03. The van der Waals surface area contributed by atoms with Gasteiger partial charge in [-0.15, -0.1) is 0 Å². The summed E-state index contributed by atoms with van der Waals surface area (Å²) < 4.78 is 0. The van der Waals surface area contributed by atoms with E-state index in [4.69, 9.17) is 0 Å². The zero-order valence-electron chi connectivity index (χ0n) is 12.7. The molecule has 5 nitrogen and oxygen atoms in total. The lowest BCUT2D eigenvalue weighted by molar-refractivity contribution is -0.121. The summed E-state index contributed by atoms with van der Waals surface area (Å²) in [4.78, 5) is 27.8. The summed E-state index contributed by atoms with van der Waals surface area (Å²) in [6.45, 7) is 3.65. The Hall–Kier alpha value is -1.91. The highest BCUT2D eigenvalue weighted by molar-refractivity contribution is 5.93. The Bertz CT molecular complexity index is 491. The standard InChI is InChI=1S/C16H23N3O2/c1-11(2)15(20)19-14-9-8-13(10-17-14)18-16(21)12-6-4-3-5-7-12/h8-12H,3-7H2,1-2H3,(H,18,21)(H,17,19,20). The highest BCUT2D eigenvalue weighted by Crippen LogP contribution is 2.25. The Morgan fingerprint density at radius 3 is 2.43 bits per heavy atom. The van der Waals surface area contributed by atoms with Crippen LogP contribution in [-0.4, -0.2) is 16.8 Å². The molecular formula is C16H23N3O2. The number of rotatable bonds is 4. The topological polar surface area (TPSA) is 71.1 Å². The van der Waals surface area contributed by atoms with Crippen LogP contribution in [0.3, 0.4) is 0 Å². The largest absolute Gasteiger partial charge is 0.324 e. The van der Waals surface area contributed by atoms with Crippen LogP contribution in [0, 0.1) is 11.8 Å². The molecule has 0 spiro atoms. The third-order valence-electron chi connectivity index (χ3n) is 3.78. The van der Waals surface area contributed by atoms with Crippen LogP contribution in [0.25, 0.3) is 0 Å². The molecule has 0 aromatic carbocycles. The molecule has 1 fully saturated rings. The predicted molar refractivity (Wildman–Crippen MR) is 82.9 cm³/mol. The van der Waals surface area contributed by atoms with Gasteiger partial charge in [0.05, 0.1) is 11.9 Å². The van der Waals surface area contributed by atoms with Gasteiger partial charge in [-0.1, -0.05) is 33.1 Å². The van der Waals surface area contributed by atoms with Gasteiger partial charge >= 0.3 is 0 Å². The maximum Gasteiger partial charge on any atom is 0.228 e. The summed E-state index contributed by atoms with van der Waals surface area (Å²) in [5.74, 6) is 0.554. The lowest BCUT2D eigenvalue weighted by Gasteiger charge is -2.20. The zero-order chi connectivity index (χ0) is 15.2. The molecule has 1 aromatic rings. The van der Waals surface area contributed by atoms with Gasteiger partial charge in [0.15, 0.2) is 0 Å². The number of nitrogens with zero attached hydrogens (tertiary/aromatic N) is 1. The van der Waals surface area contributed by atoms with E-state index in [1.807, 2.05) is 13.8 Å². The van der Waals surface area contributed by atoms with E-state index in [1.54, 1.807) is 18.3 Å². The van der Waals surface area contributed by atoms with Gasteiger partial charge in [0.1, 0.15) is 5.82 Å². The SMILES string of the molecule is CC(C)C(=O)Nc1ccc(NC(=O)C2CCCCC2)cn1. The van der Waals surface area contributed by atoms with E-state index in [2.05, 4.69) is 15.6 Å². The molecular weight excluding hydrogens is 266 g/mol. The number of amides is 2. The lowest BCUT2D eigenvalue weighted by atomic mass is 9.88. The molecule has 1 aliphatic carbocycles. The van der Waals surface area contributed by atoms with Gasteiger partial charge in [0.2, 0.25) is 11.8 Å². The molecule has 0 aliphatic heterocycles. The van der Waals surface area contributed by atoms with Crippen molar-refractivity contribution in [1.82, 2.24) is 4.98 Å². The van der Waals surface area contributed by atoms with Crippen LogP contribution in [-0.2, 0) is 9.59 Å². The van der Waals surface area contributed by atoms with Crippen LogP contribution < -0.4 is 10.6 Å². The normalized spacial score (nSPS) is 15.8. The number of nitrogens with one attached hydrogen (secondary N) is 2. The first-order chi connectivity index (χ1) is 10.1. The van der Waals surface area contributed by atoms with Crippen molar-refractivity contribution >= 4 is 23.3 Å². The van der Waals surface area contributed by atoms with Crippen molar-refractivity contribution in [3.63, 3.8) is 0 Å². The second kappa shape index (κ2) is 7.20. The maximum absolute atomic E-state index is 12.1. The molecule has 0 bridgehead atoms. The molecule has 1 heterocycles. The Morgan fingerprint density at radius 1 is 1.14 bits per heavy atom. The van der Waals surface area contributed by atoms with Crippen LogP contribution in [0.4, 0.5) is 11.5 Å². The second-order valence-corrected chi connectivity index (χ2v) is 5.90. The van der Waals surface area contributed by atoms with E-state index < -0.39 is 0 Å². The third-order valence-corrected chi connectivity index (χ3v) is 3.78. The fourth-order valence-electron chi connectivity index (χ4n) is 2.42. The number of hydrogen-bond acceptors (Lipinski definition) is 3. The van der Waals surface area contributed by atoms with E-state index in [9.17, 15) is 9.59 Å². The van der Waals surface area contributed by atoms with Gasteiger partial charge in [-0.25, -0.2) is 4.98 Å². The molecule has 5 heteroatoms. The molecule has 2 rings (SSSR count). The van der Waals surface area contributed by atoms with Gasteiger partial charge in [-0.05, 0) is 25.0 Å². The quantitative estimate of drug-likeness (QED) is 0.894. The van der Waals surface area contributed by atoms with Gasteiger partial charge < -0.3 is 10.6 Å². The summed E-state index contributed by atoms with van der Waals surface area (Å²) >= 11 is 0. The van der Waals surface area contributed by atoms with Gasteiger partial charge in [-0.2, -0.15) is 0 Å². The van der Waals surface area contributed by atoms with E-state index >= 15 is 0 Å². The second-order valence-electron chi connectivity index (χ2n) is 5.90. The number of pyridine rings is 1. The average Bonchev–Trinajstić information content (AvgIpc) is 2.50. The highest BCUT2D eigenvalue weighted by atomic mass is 16.2. The van der Waals surface area contributed by atoms with E-state index in [1.165, 1.54) is 6.42 Å². The van der Waals surface area contributed by atoms with Crippen LogP contribution in [0.5, 0.6) is 0 Å². The van der Waals surface area contributed by atoms with Crippen molar-refractivity contribution in [1.29, 1.82) is 0 Å². The van der Waals surface area contributed by atoms with Gasteiger partial charge in [0, 0.05) is 11.8 Å². The smallest absolute Gasteiger partial charge is 0.228 e. The molecule has 21 heavy (non-hydrogen) atoms. The summed E-state index contributed by atoms with van der Waals surface area (Å²) in [5.41, 5.74) is 0.674. The molecule has 0 saturated heterocycles. The first kappa shape index (κ1) is 15.5. The van der Waals surface area contributed by atoms with E-state index in [-0.39, 0.29) is 23.7 Å². The van der Waals surface area contributed by atoms with Crippen molar-refractivity contribution in [2.24, 2.45) is 11.8 Å². The first-order valence-electron chi connectivity index (χ1n) is 7.64. The maximum atomic E-state index is 12.1. The van der Waals surface area contributed by atoms with Crippen LogP contribution in [0.2, 0.25) is 0 Å². The van der Waals surface area contributed by atoms with E-state index in [0.29, 0.717) is 11.5 Å². The van der Waals surface area contributed by atoms with Gasteiger partial charge in [-0.3, -0.25) is 9.59 Å². The molecule has 0 atom stereocenters. The summed E-state index contributed by atoms with van der Waals surface area (Å²) in [5, 5.41) is 5.62. The third kappa shape index (κ3) is 4.55. The van der Waals surface area contributed by atoms with Crippen molar-refractivity contribution in [3.05, 3.63) is 18.3 Å². The van der Waals surface area contributed by atoms with Crippen molar-refractivity contribution in [2.75, 3.05) is 10.6 Å². The lowest BCUT2D eigenvalue weighted by Crippen LogP contribution is -2.24. The minimum atomic E-state index is -0.0857. The molecule has 0 unspecified atom stereocenters. The van der Waals surface area contributed by atoms with Crippen molar-refractivity contribution in [3.8, 4) is 0 Å². The van der Waals surface area contributed by atoms with Crippen LogP contribution in [0.1, 0.15) is 46.0 Å². The summed E-state index contributed by atoms with van der Waals surface area (Å²) in [6, 6.07) is 3.47. The molecule has 1 aliphatic rings. The predicted octanol–water partition coefficient (Wildman–Crippen LogP) is 3.19. The number of hydrogen-bond donors (Lipinski definition) is 2.